The van der Waals surface area contributed by atoms with Crippen LogP contribution in [0.2, 0.25) is 0 Å². The Bertz CT molecular complexity index is 117. The van der Waals surface area contributed by atoms with Gasteiger partial charge in [0, 0.05) is 19.1 Å². The lowest BCUT2D eigenvalue weighted by molar-refractivity contribution is 0.130. The van der Waals surface area contributed by atoms with E-state index in [4.69, 9.17) is 16.9 Å². The van der Waals surface area contributed by atoms with Crippen LogP contribution in [0.5, 0.6) is 0 Å². The van der Waals surface area contributed by atoms with Crippen molar-refractivity contribution in [1.82, 2.24) is 0 Å². The summed E-state index contributed by atoms with van der Waals surface area (Å²) in [5.74, 6) is 2.58. The Balaban J connectivity index is 3.10. The molecule has 0 rings (SSSR count). The molecule has 0 aliphatic carbocycles. The van der Waals surface area contributed by atoms with Crippen molar-refractivity contribution >= 4 is 0 Å². The average molecular weight is 155 g/mol. The van der Waals surface area contributed by atoms with Crippen LogP contribution in [-0.4, -0.2) is 19.3 Å². The first-order valence-electron chi connectivity index (χ1n) is 4.08. The van der Waals surface area contributed by atoms with Gasteiger partial charge in [-0.05, 0) is 19.8 Å². The highest BCUT2D eigenvalue weighted by Crippen LogP contribution is 1.97. The maximum Gasteiger partial charge on any atom is 0.0617 e. The smallest absolute Gasteiger partial charge is 0.0617 e. The summed E-state index contributed by atoms with van der Waals surface area (Å²) in [4.78, 5) is 0. The fourth-order valence-electron chi connectivity index (χ4n) is 0.819. The third-order valence-corrected chi connectivity index (χ3v) is 1.43. The molecule has 0 aliphatic rings. The topological polar surface area (TPSA) is 35.2 Å². The molecule has 0 spiro atoms. The first-order valence-corrected chi connectivity index (χ1v) is 4.08. The standard InChI is InChI=1S/C9H17NO/c1-3-5-6-7-9(10)8-11-4-2/h1,9H,4-8,10H2,2H3. The molecular formula is C9H17NO. The lowest BCUT2D eigenvalue weighted by Crippen LogP contribution is -2.25. The normalized spacial score (nSPS) is 12.5. The molecule has 0 aliphatic heterocycles. The number of ether oxygens (including phenoxy) is 1. The van der Waals surface area contributed by atoms with E-state index in [0.29, 0.717) is 6.61 Å². The van der Waals surface area contributed by atoms with Gasteiger partial charge in [0.25, 0.3) is 0 Å². The van der Waals surface area contributed by atoms with Gasteiger partial charge in [0.15, 0.2) is 0 Å². The van der Waals surface area contributed by atoms with E-state index in [1.54, 1.807) is 0 Å². The zero-order valence-electron chi connectivity index (χ0n) is 7.18. The minimum atomic E-state index is 0.156. The molecule has 2 heteroatoms. The second-order valence-electron chi connectivity index (χ2n) is 2.52. The van der Waals surface area contributed by atoms with Gasteiger partial charge in [0.1, 0.15) is 0 Å². The maximum atomic E-state index is 5.71. The summed E-state index contributed by atoms with van der Waals surface area (Å²) in [7, 11) is 0. The van der Waals surface area contributed by atoms with Gasteiger partial charge < -0.3 is 10.5 Å². The van der Waals surface area contributed by atoms with Crippen LogP contribution in [0.15, 0.2) is 0 Å². The van der Waals surface area contributed by atoms with Crippen LogP contribution in [0.25, 0.3) is 0 Å². The second-order valence-corrected chi connectivity index (χ2v) is 2.52. The van der Waals surface area contributed by atoms with E-state index in [0.717, 1.165) is 25.9 Å². The molecule has 2 nitrogen and oxygen atoms in total. The van der Waals surface area contributed by atoms with E-state index in [-0.39, 0.29) is 6.04 Å². The molecule has 0 aromatic rings. The van der Waals surface area contributed by atoms with Gasteiger partial charge in [-0.3, -0.25) is 0 Å². The third kappa shape index (κ3) is 7.38. The van der Waals surface area contributed by atoms with Gasteiger partial charge in [-0.25, -0.2) is 0 Å². The molecule has 1 atom stereocenters. The van der Waals surface area contributed by atoms with Crippen molar-refractivity contribution in [2.24, 2.45) is 5.73 Å². The van der Waals surface area contributed by atoms with Crippen molar-refractivity contribution < 1.29 is 4.74 Å². The molecule has 0 fully saturated rings. The van der Waals surface area contributed by atoms with E-state index in [1.165, 1.54) is 0 Å². The van der Waals surface area contributed by atoms with Crippen molar-refractivity contribution in [3.8, 4) is 12.3 Å². The van der Waals surface area contributed by atoms with Crippen LogP contribution >= 0.6 is 0 Å². The third-order valence-electron chi connectivity index (χ3n) is 1.43. The van der Waals surface area contributed by atoms with Crippen molar-refractivity contribution in [1.29, 1.82) is 0 Å². The average Bonchev–Trinajstić information content (AvgIpc) is 2.01. The fourth-order valence-corrected chi connectivity index (χ4v) is 0.819. The number of terminal acetylenes is 1. The molecule has 0 bridgehead atoms. The highest BCUT2D eigenvalue weighted by molar-refractivity contribution is 4.83. The SMILES string of the molecule is C#CCCCC(N)COCC. The Morgan fingerprint density at radius 2 is 2.36 bits per heavy atom. The summed E-state index contributed by atoms with van der Waals surface area (Å²) in [6.45, 7) is 3.36. The molecule has 0 aromatic carbocycles. The molecule has 0 saturated heterocycles. The Kier molecular flexibility index (Phi) is 7.23. The summed E-state index contributed by atoms with van der Waals surface area (Å²) in [6, 6.07) is 0.156. The molecule has 11 heavy (non-hydrogen) atoms. The van der Waals surface area contributed by atoms with Crippen LogP contribution < -0.4 is 5.73 Å². The quantitative estimate of drug-likeness (QED) is 0.461. The Morgan fingerprint density at radius 1 is 1.64 bits per heavy atom. The lowest BCUT2D eigenvalue weighted by Gasteiger charge is -2.09. The molecule has 0 radical (unpaired) electrons. The van der Waals surface area contributed by atoms with E-state index in [1.807, 2.05) is 6.92 Å². The summed E-state index contributed by atoms with van der Waals surface area (Å²) in [6.07, 6.45) is 7.88. The summed E-state index contributed by atoms with van der Waals surface area (Å²) in [5.41, 5.74) is 5.71. The Morgan fingerprint density at radius 3 is 2.91 bits per heavy atom. The zero-order chi connectivity index (χ0) is 8.53. The van der Waals surface area contributed by atoms with Gasteiger partial charge in [-0.1, -0.05) is 0 Å². The maximum absolute atomic E-state index is 5.71. The van der Waals surface area contributed by atoms with Crippen molar-refractivity contribution in [3.63, 3.8) is 0 Å². The van der Waals surface area contributed by atoms with Crippen molar-refractivity contribution in [3.05, 3.63) is 0 Å². The highest BCUT2D eigenvalue weighted by atomic mass is 16.5. The first kappa shape index (κ1) is 10.5. The molecule has 0 heterocycles. The fraction of sp³-hybridized carbons (Fsp3) is 0.778. The number of hydrogen-bond acceptors (Lipinski definition) is 2. The monoisotopic (exact) mass is 155 g/mol. The van der Waals surface area contributed by atoms with Gasteiger partial charge >= 0.3 is 0 Å². The number of unbranched alkanes of at least 4 members (excludes halogenated alkanes) is 1. The predicted octanol–water partition coefficient (Wildman–Crippen LogP) is 1.15. The van der Waals surface area contributed by atoms with Gasteiger partial charge in [-0.2, -0.15) is 0 Å². The first-order chi connectivity index (χ1) is 5.31. The second kappa shape index (κ2) is 7.59. The van der Waals surface area contributed by atoms with Crippen LogP contribution in [0.1, 0.15) is 26.2 Å². The molecule has 0 saturated carbocycles. The van der Waals surface area contributed by atoms with Crippen LogP contribution in [0.3, 0.4) is 0 Å². The van der Waals surface area contributed by atoms with Crippen LogP contribution in [0.4, 0.5) is 0 Å². The number of hydrogen-bond donors (Lipinski definition) is 1. The summed E-state index contributed by atoms with van der Waals surface area (Å²) in [5, 5.41) is 0. The highest BCUT2D eigenvalue weighted by Gasteiger charge is 1.99. The molecule has 1 unspecified atom stereocenters. The van der Waals surface area contributed by atoms with Crippen molar-refractivity contribution in [2.45, 2.75) is 32.2 Å². The predicted molar refractivity (Wildman–Crippen MR) is 47.2 cm³/mol. The Labute approximate surface area is 69.1 Å². The van der Waals surface area contributed by atoms with Crippen LogP contribution in [-0.2, 0) is 4.74 Å². The molecule has 2 N–H and O–H groups in total. The molecule has 0 amide bonds. The zero-order valence-corrected chi connectivity index (χ0v) is 7.18. The van der Waals surface area contributed by atoms with Gasteiger partial charge in [0.05, 0.1) is 6.61 Å². The van der Waals surface area contributed by atoms with Crippen molar-refractivity contribution in [2.75, 3.05) is 13.2 Å². The minimum Gasteiger partial charge on any atom is -0.380 e. The number of rotatable bonds is 6. The van der Waals surface area contributed by atoms with E-state index in [9.17, 15) is 0 Å². The summed E-state index contributed by atoms with van der Waals surface area (Å²) >= 11 is 0. The van der Waals surface area contributed by atoms with E-state index < -0.39 is 0 Å². The van der Waals surface area contributed by atoms with E-state index >= 15 is 0 Å². The molecule has 0 aromatic heterocycles. The Hall–Kier alpha value is -0.520. The largest absolute Gasteiger partial charge is 0.380 e. The van der Waals surface area contributed by atoms with E-state index in [2.05, 4.69) is 5.92 Å². The number of nitrogens with two attached hydrogens (primary N) is 1. The lowest BCUT2D eigenvalue weighted by atomic mass is 10.1. The van der Waals surface area contributed by atoms with Gasteiger partial charge in [-0.15, -0.1) is 12.3 Å². The summed E-state index contributed by atoms with van der Waals surface area (Å²) < 4.78 is 5.15. The molecule has 64 valence electrons. The van der Waals surface area contributed by atoms with Crippen LogP contribution in [0, 0.1) is 12.3 Å². The van der Waals surface area contributed by atoms with Gasteiger partial charge in [0.2, 0.25) is 0 Å². The molecular weight excluding hydrogens is 138 g/mol. The minimum absolute atomic E-state index is 0.156.